The van der Waals surface area contributed by atoms with Crippen molar-refractivity contribution in [2.24, 2.45) is 4.99 Å². The van der Waals surface area contributed by atoms with Gasteiger partial charge in [0.1, 0.15) is 11.8 Å². The topological polar surface area (TPSA) is 90.1 Å². The SMILES string of the molecule is CC[C@@H]1CSC2=N[C@@H](c3ccccn3)[C@H](c3cc([N+](=O)[O-])c(OC)cc3OC)N21. The van der Waals surface area contributed by atoms with Crippen LogP contribution in [-0.2, 0) is 0 Å². The van der Waals surface area contributed by atoms with Gasteiger partial charge in [0.05, 0.1) is 30.9 Å². The number of fused-ring (bicyclic) bond motifs is 1. The number of hydrogen-bond acceptors (Lipinski definition) is 8. The van der Waals surface area contributed by atoms with Crippen molar-refractivity contribution in [1.29, 1.82) is 0 Å². The molecule has 1 aromatic heterocycles. The highest BCUT2D eigenvalue weighted by atomic mass is 32.2. The first-order valence-electron chi connectivity index (χ1n) is 9.39. The van der Waals surface area contributed by atoms with Gasteiger partial charge in [0.25, 0.3) is 0 Å². The van der Waals surface area contributed by atoms with Crippen LogP contribution in [0.4, 0.5) is 5.69 Å². The van der Waals surface area contributed by atoms with Gasteiger partial charge >= 0.3 is 5.69 Å². The summed E-state index contributed by atoms with van der Waals surface area (Å²) in [6.07, 6.45) is 2.70. The molecule has 0 bridgehead atoms. The van der Waals surface area contributed by atoms with E-state index in [2.05, 4.69) is 16.8 Å². The molecule has 3 atom stereocenters. The molecule has 0 N–H and O–H groups in total. The first kappa shape index (κ1) is 19.5. The second-order valence-corrected chi connectivity index (χ2v) is 7.85. The second-order valence-electron chi connectivity index (χ2n) is 6.86. The summed E-state index contributed by atoms with van der Waals surface area (Å²) >= 11 is 1.72. The predicted octanol–water partition coefficient (Wildman–Crippen LogP) is 3.99. The summed E-state index contributed by atoms with van der Waals surface area (Å²) in [7, 11) is 2.98. The molecule has 29 heavy (non-hydrogen) atoms. The summed E-state index contributed by atoms with van der Waals surface area (Å²) < 4.78 is 10.9. The Morgan fingerprint density at radius 2 is 2.07 bits per heavy atom. The zero-order valence-corrected chi connectivity index (χ0v) is 17.3. The Morgan fingerprint density at radius 3 is 2.69 bits per heavy atom. The third kappa shape index (κ3) is 3.29. The molecule has 0 amide bonds. The lowest BCUT2D eigenvalue weighted by molar-refractivity contribution is -0.385. The molecular weight excluding hydrogens is 392 g/mol. The number of nitro groups is 1. The molecule has 0 saturated carbocycles. The zero-order valence-electron chi connectivity index (χ0n) is 16.4. The van der Waals surface area contributed by atoms with Gasteiger partial charge in [-0.05, 0) is 18.6 Å². The number of aliphatic imine (C=N–C) groups is 1. The Morgan fingerprint density at radius 1 is 1.28 bits per heavy atom. The molecule has 3 heterocycles. The van der Waals surface area contributed by atoms with E-state index in [1.807, 2.05) is 18.2 Å². The number of pyridine rings is 1. The normalized spacial score (nSPS) is 22.9. The van der Waals surface area contributed by atoms with E-state index in [4.69, 9.17) is 14.5 Å². The lowest BCUT2D eigenvalue weighted by Crippen LogP contribution is -2.35. The van der Waals surface area contributed by atoms with Gasteiger partial charge in [-0.3, -0.25) is 20.1 Å². The minimum Gasteiger partial charge on any atom is -0.496 e. The summed E-state index contributed by atoms with van der Waals surface area (Å²) in [5.41, 5.74) is 1.46. The van der Waals surface area contributed by atoms with Gasteiger partial charge in [-0.15, -0.1) is 0 Å². The quantitative estimate of drug-likeness (QED) is 0.521. The van der Waals surface area contributed by atoms with Crippen LogP contribution in [0.25, 0.3) is 0 Å². The fourth-order valence-electron chi connectivity index (χ4n) is 3.97. The van der Waals surface area contributed by atoms with Gasteiger partial charge in [0.15, 0.2) is 5.17 Å². The number of nitro benzene ring substituents is 1. The van der Waals surface area contributed by atoms with E-state index >= 15 is 0 Å². The minimum absolute atomic E-state index is 0.0866. The maximum absolute atomic E-state index is 11.7. The first-order valence-corrected chi connectivity index (χ1v) is 10.4. The highest BCUT2D eigenvalue weighted by Gasteiger charge is 2.47. The van der Waals surface area contributed by atoms with Gasteiger partial charge in [0.2, 0.25) is 5.75 Å². The number of ether oxygens (including phenoxy) is 2. The fourth-order valence-corrected chi connectivity index (χ4v) is 5.30. The van der Waals surface area contributed by atoms with Crippen molar-refractivity contribution in [3.8, 4) is 11.5 Å². The van der Waals surface area contributed by atoms with E-state index in [1.54, 1.807) is 37.2 Å². The average molecular weight is 414 g/mol. The molecule has 2 aliphatic rings. The molecular formula is C20H22N4O4S. The molecule has 152 valence electrons. The number of benzene rings is 1. The number of aromatic nitrogens is 1. The number of rotatable bonds is 6. The average Bonchev–Trinajstić information content (AvgIpc) is 3.32. The van der Waals surface area contributed by atoms with E-state index in [0.717, 1.165) is 28.6 Å². The summed E-state index contributed by atoms with van der Waals surface area (Å²) in [5, 5.41) is 12.6. The molecule has 2 aromatic rings. The molecule has 0 spiro atoms. The monoisotopic (exact) mass is 414 g/mol. The Labute approximate surface area is 173 Å². The Bertz CT molecular complexity index is 953. The van der Waals surface area contributed by atoms with Crippen LogP contribution in [0.15, 0.2) is 41.5 Å². The Hall–Kier alpha value is -2.81. The Balaban J connectivity index is 1.90. The smallest absolute Gasteiger partial charge is 0.311 e. The number of hydrogen-bond donors (Lipinski definition) is 0. The third-order valence-corrected chi connectivity index (χ3v) is 6.50. The molecule has 0 aliphatic carbocycles. The lowest BCUT2D eigenvalue weighted by Gasteiger charge is -2.32. The summed E-state index contributed by atoms with van der Waals surface area (Å²) in [6.45, 7) is 2.15. The van der Waals surface area contributed by atoms with Crippen molar-refractivity contribution in [2.75, 3.05) is 20.0 Å². The third-order valence-electron chi connectivity index (χ3n) is 5.38. The standard InChI is InChI=1S/C20H22N4O4S/c1-4-12-11-29-20-22-18(14-7-5-6-8-21-14)19(23(12)20)13-9-15(24(25)26)17(28-3)10-16(13)27-2/h5-10,12,18-19H,4,11H2,1-3H3/t12-,18+,19+/m1/s1. The molecule has 9 heteroatoms. The van der Waals surface area contributed by atoms with Crippen LogP contribution in [0.1, 0.15) is 36.7 Å². The van der Waals surface area contributed by atoms with Crippen LogP contribution in [0.5, 0.6) is 11.5 Å². The largest absolute Gasteiger partial charge is 0.496 e. The van der Waals surface area contributed by atoms with Crippen molar-refractivity contribution in [2.45, 2.75) is 31.5 Å². The van der Waals surface area contributed by atoms with E-state index in [9.17, 15) is 10.1 Å². The lowest BCUT2D eigenvalue weighted by atomic mass is 9.93. The number of nitrogens with zero attached hydrogens (tertiary/aromatic N) is 4. The van der Waals surface area contributed by atoms with Gasteiger partial charge in [0, 0.05) is 35.7 Å². The molecule has 4 rings (SSSR count). The zero-order chi connectivity index (χ0) is 20.5. The highest BCUT2D eigenvalue weighted by molar-refractivity contribution is 8.14. The number of amidine groups is 1. The van der Waals surface area contributed by atoms with Crippen molar-refractivity contribution in [3.05, 3.63) is 57.9 Å². The molecule has 8 nitrogen and oxygen atoms in total. The summed E-state index contributed by atoms with van der Waals surface area (Å²) in [4.78, 5) is 23.0. The molecule has 1 aromatic carbocycles. The molecule has 1 fully saturated rings. The van der Waals surface area contributed by atoms with Crippen LogP contribution < -0.4 is 9.47 Å². The second kappa shape index (κ2) is 7.90. The Kier molecular flexibility index (Phi) is 5.31. The highest BCUT2D eigenvalue weighted by Crippen LogP contribution is 2.52. The van der Waals surface area contributed by atoms with Gasteiger partial charge < -0.3 is 14.4 Å². The molecule has 1 saturated heterocycles. The molecule has 2 aliphatic heterocycles. The van der Waals surface area contributed by atoms with Crippen LogP contribution in [0.2, 0.25) is 0 Å². The number of methoxy groups -OCH3 is 2. The first-order chi connectivity index (χ1) is 14.1. The number of thioether (sulfide) groups is 1. The fraction of sp³-hybridized carbons (Fsp3) is 0.400. The van der Waals surface area contributed by atoms with Gasteiger partial charge in [-0.1, -0.05) is 24.8 Å². The maximum atomic E-state index is 11.7. The van der Waals surface area contributed by atoms with E-state index in [-0.39, 0.29) is 23.5 Å². The van der Waals surface area contributed by atoms with Crippen LogP contribution in [-0.4, -0.2) is 46.0 Å². The molecule has 0 radical (unpaired) electrons. The van der Waals surface area contributed by atoms with Gasteiger partial charge in [-0.2, -0.15) is 0 Å². The van der Waals surface area contributed by atoms with Crippen molar-refractivity contribution < 1.29 is 14.4 Å². The van der Waals surface area contributed by atoms with Crippen molar-refractivity contribution in [1.82, 2.24) is 9.88 Å². The maximum Gasteiger partial charge on any atom is 0.311 e. The van der Waals surface area contributed by atoms with Crippen molar-refractivity contribution in [3.63, 3.8) is 0 Å². The predicted molar refractivity (Wildman–Crippen MR) is 112 cm³/mol. The van der Waals surface area contributed by atoms with E-state index in [0.29, 0.717) is 11.8 Å². The van der Waals surface area contributed by atoms with Crippen LogP contribution in [0, 0.1) is 10.1 Å². The van der Waals surface area contributed by atoms with E-state index < -0.39 is 4.92 Å². The summed E-state index contributed by atoms with van der Waals surface area (Å²) in [5.74, 6) is 1.66. The minimum atomic E-state index is -0.426. The van der Waals surface area contributed by atoms with Crippen LogP contribution >= 0.6 is 11.8 Å². The van der Waals surface area contributed by atoms with Gasteiger partial charge in [-0.25, -0.2) is 0 Å². The van der Waals surface area contributed by atoms with Crippen LogP contribution in [0.3, 0.4) is 0 Å². The van der Waals surface area contributed by atoms with Crippen molar-refractivity contribution >= 4 is 22.6 Å². The van der Waals surface area contributed by atoms with E-state index in [1.165, 1.54) is 7.11 Å². The summed E-state index contributed by atoms with van der Waals surface area (Å²) in [6, 6.07) is 8.68. The molecule has 0 unspecified atom stereocenters.